The number of phenols is 1. The van der Waals surface area contributed by atoms with Gasteiger partial charge in [-0.25, -0.2) is 0 Å². The third-order valence-corrected chi connectivity index (χ3v) is 3.12. The van der Waals surface area contributed by atoms with Gasteiger partial charge in [-0.3, -0.25) is 0 Å². The Morgan fingerprint density at radius 2 is 1.75 bits per heavy atom. The summed E-state index contributed by atoms with van der Waals surface area (Å²) in [5.74, 6) is 0.392. The van der Waals surface area contributed by atoms with Gasteiger partial charge in [0.15, 0.2) is 0 Å². The Kier molecular flexibility index (Phi) is 4.81. The number of benzene rings is 1. The summed E-state index contributed by atoms with van der Waals surface area (Å²) in [7, 11) is 0. The van der Waals surface area contributed by atoms with E-state index in [4.69, 9.17) is 5.73 Å². The van der Waals surface area contributed by atoms with Gasteiger partial charge in [-0.15, -0.1) is 0 Å². The molecule has 0 radical (unpaired) electrons. The van der Waals surface area contributed by atoms with Gasteiger partial charge >= 0.3 is 0 Å². The van der Waals surface area contributed by atoms with Crippen LogP contribution in [0.15, 0.2) is 6.07 Å². The van der Waals surface area contributed by atoms with E-state index < -0.39 is 0 Å². The molecule has 2 heteroatoms. The quantitative estimate of drug-likeness (QED) is 0.802. The Hall–Kier alpha value is -1.02. The maximum Gasteiger partial charge on any atom is 0.119 e. The molecule has 1 aromatic carbocycles. The standard InChI is InChI=1S/C14H23NO/c1-4-6-11-8-14(16)10(3)13(9-15)12(11)7-5-2/h8,16H,4-7,9,15H2,1-3H3. The molecule has 16 heavy (non-hydrogen) atoms. The van der Waals surface area contributed by atoms with Gasteiger partial charge in [0.25, 0.3) is 0 Å². The van der Waals surface area contributed by atoms with Crippen LogP contribution in [0.3, 0.4) is 0 Å². The van der Waals surface area contributed by atoms with E-state index in [0.29, 0.717) is 12.3 Å². The number of hydrogen-bond donors (Lipinski definition) is 2. The molecule has 0 amide bonds. The van der Waals surface area contributed by atoms with E-state index in [1.165, 1.54) is 11.1 Å². The van der Waals surface area contributed by atoms with E-state index in [9.17, 15) is 5.11 Å². The van der Waals surface area contributed by atoms with E-state index >= 15 is 0 Å². The lowest BCUT2D eigenvalue weighted by atomic mass is 9.90. The fourth-order valence-electron chi connectivity index (χ4n) is 2.27. The van der Waals surface area contributed by atoms with E-state index in [1.807, 2.05) is 13.0 Å². The van der Waals surface area contributed by atoms with Crippen molar-refractivity contribution in [1.29, 1.82) is 0 Å². The second-order valence-corrected chi connectivity index (χ2v) is 4.34. The SMILES string of the molecule is CCCc1cc(O)c(C)c(CN)c1CCC. The molecule has 90 valence electrons. The van der Waals surface area contributed by atoms with Crippen molar-refractivity contribution in [3.05, 3.63) is 28.3 Å². The summed E-state index contributed by atoms with van der Waals surface area (Å²) in [6.45, 7) is 6.81. The third kappa shape index (κ3) is 2.56. The van der Waals surface area contributed by atoms with Gasteiger partial charge in [0.2, 0.25) is 0 Å². The van der Waals surface area contributed by atoms with Gasteiger partial charge in [-0.2, -0.15) is 0 Å². The minimum Gasteiger partial charge on any atom is -0.508 e. The molecule has 0 bridgehead atoms. The van der Waals surface area contributed by atoms with Crippen LogP contribution in [-0.4, -0.2) is 5.11 Å². The molecular formula is C14H23NO. The molecule has 1 aromatic rings. The van der Waals surface area contributed by atoms with Crippen LogP contribution < -0.4 is 5.73 Å². The first-order valence-electron chi connectivity index (χ1n) is 6.18. The summed E-state index contributed by atoms with van der Waals surface area (Å²) in [5, 5.41) is 9.88. The lowest BCUT2D eigenvalue weighted by Gasteiger charge is -2.17. The molecule has 1 rings (SSSR count). The molecule has 2 nitrogen and oxygen atoms in total. The van der Waals surface area contributed by atoms with Gasteiger partial charge in [0.1, 0.15) is 5.75 Å². The molecule has 0 heterocycles. The molecule has 0 atom stereocenters. The van der Waals surface area contributed by atoms with Crippen LogP contribution in [0.4, 0.5) is 0 Å². The molecule has 3 N–H and O–H groups in total. The summed E-state index contributed by atoms with van der Waals surface area (Å²) in [5.41, 5.74) is 10.5. The Balaban J connectivity index is 3.30. The summed E-state index contributed by atoms with van der Waals surface area (Å²) in [6.07, 6.45) is 4.30. The first-order chi connectivity index (χ1) is 7.65. The molecule has 0 spiro atoms. The van der Waals surface area contributed by atoms with Crippen LogP contribution in [-0.2, 0) is 19.4 Å². The first-order valence-corrected chi connectivity index (χ1v) is 6.18. The number of phenolic OH excluding ortho intramolecular Hbond substituents is 1. The van der Waals surface area contributed by atoms with E-state index in [2.05, 4.69) is 13.8 Å². The topological polar surface area (TPSA) is 46.2 Å². The summed E-state index contributed by atoms with van der Waals surface area (Å²) in [6, 6.07) is 1.92. The van der Waals surface area contributed by atoms with Crippen molar-refractivity contribution in [2.45, 2.75) is 53.0 Å². The molecule has 0 aliphatic carbocycles. The zero-order chi connectivity index (χ0) is 12.1. The molecule has 0 fully saturated rings. The number of rotatable bonds is 5. The second-order valence-electron chi connectivity index (χ2n) is 4.34. The summed E-state index contributed by atoms with van der Waals surface area (Å²) >= 11 is 0. The first kappa shape index (κ1) is 13.0. The summed E-state index contributed by atoms with van der Waals surface area (Å²) < 4.78 is 0. The number of nitrogens with two attached hydrogens (primary N) is 1. The maximum absolute atomic E-state index is 9.88. The Morgan fingerprint density at radius 3 is 2.25 bits per heavy atom. The van der Waals surface area contributed by atoms with Crippen LogP contribution >= 0.6 is 0 Å². The third-order valence-electron chi connectivity index (χ3n) is 3.12. The van der Waals surface area contributed by atoms with Crippen LogP contribution in [0, 0.1) is 6.92 Å². The van der Waals surface area contributed by atoms with Gasteiger partial charge in [0, 0.05) is 6.54 Å². The van der Waals surface area contributed by atoms with Gasteiger partial charge in [-0.05, 0) is 48.1 Å². The van der Waals surface area contributed by atoms with Crippen molar-refractivity contribution < 1.29 is 5.11 Å². The highest BCUT2D eigenvalue weighted by Gasteiger charge is 2.12. The lowest BCUT2D eigenvalue weighted by Crippen LogP contribution is -2.08. The van der Waals surface area contributed by atoms with Crippen LogP contribution in [0.1, 0.15) is 48.9 Å². The number of aryl methyl sites for hydroxylation is 1. The average molecular weight is 221 g/mol. The van der Waals surface area contributed by atoms with E-state index in [0.717, 1.165) is 36.8 Å². The normalized spacial score (nSPS) is 10.8. The molecule has 0 aromatic heterocycles. The van der Waals surface area contributed by atoms with Crippen LogP contribution in [0.5, 0.6) is 5.75 Å². The minimum absolute atomic E-state index is 0.392. The molecule has 0 saturated carbocycles. The van der Waals surface area contributed by atoms with E-state index in [-0.39, 0.29) is 0 Å². The van der Waals surface area contributed by atoms with Crippen molar-refractivity contribution in [1.82, 2.24) is 0 Å². The summed E-state index contributed by atoms with van der Waals surface area (Å²) in [4.78, 5) is 0. The van der Waals surface area contributed by atoms with Crippen molar-refractivity contribution in [3.63, 3.8) is 0 Å². The largest absolute Gasteiger partial charge is 0.508 e. The highest BCUT2D eigenvalue weighted by atomic mass is 16.3. The van der Waals surface area contributed by atoms with Crippen LogP contribution in [0.2, 0.25) is 0 Å². The maximum atomic E-state index is 9.88. The number of hydrogen-bond acceptors (Lipinski definition) is 2. The second kappa shape index (κ2) is 5.90. The molecule has 0 unspecified atom stereocenters. The lowest BCUT2D eigenvalue weighted by molar-refractivity contribution is 0.468. The Labute approximate surface area is 98.5 Å². The van der Waals surface area contributed by atoms with Crippen molar-refractivity contribution in [2.75, 3.05) is 0 Å². The highest BCUT2D eigenvalue weighted by molar-refractivity contribution is 5.48. The van der Waals surface area contributed by atoms with Gasteiger partial charge in [0.05, 0.1) is 0 Å². The monoisotopic (exact) mass is 221 g/mol. The zero-order valence-electron chi connectivity index (χ0n) is 10.6. The molecule has 0 aliphatic heterocycles. The zero-order valence-corrected chi connectivity index (χ0v) is 10.6. The molecular weight excluding hydrogens is 198 g/mol. The van der Waals surface area contributed by atoms with Gasteiger partial charge in [-0.1, -0.05) is 26.7 Å². The Morgan fingerprint density at radius 1 is 1.12 bits per heavy atom. The van der Waals surface area contributed by atoms with Crippen molar-refractivity contribution >= 4 is 0 Å². The smallest absolute Gasteiger partial charge is 0.119 e. The molecule has 0 saturated heterocycles. The fourth-order valence-corrected chi connectivity index (χ4v) is 2.27. The van der Waals surface area contributed by atoms with Crippen molar-refractivity contribution in [3.8, 4) is 5.75 Å². The predicted octanol–water partition coefficient (Wildman–Crippen LogP) is 3.06. The van der Waals surface area contributed by atoms with E-state index in [1.54, 1.807) is 0 Å². The van der Waals surface area contributed by atoms with Crippen LogP contribution in [0.25, 0.3) is 0 Å². The predicted molar refractivity (Wildman–Crippen MR) is 68.7 cm³/mol. The minimum atomic E-state index is 0.392. The average Bonchev–Trinajstić information content (AvgIpc) is 2.26. The number of aromatic hydroxyl groups is 1. The van der Waals surface area contributed by atoms with Crippen molar-refractivity contribution in [2.24, 2.45) is 5.73 Å². The van der Waals surface area contributed by atoms with Gasteiger partial charge < -0.3 is 10.8 Å². The fraction of sp³-hybridized carbons (Fsp3) is 0.571. The Bertz CT molecular complexity index is 358. The highest BCUT2D eigenvalue weighted by Crippen LogP contribution is 2.29. The molecule has 0 aliphatic rings.